The average molecular weight is 312 g/mol. The molecule has 2 aromatic rings. The lowest BCUT2D eigenvalue weighted by Gasteiger charge is -2.17. The SMILES string of the molecule is CC(C)c1ccc(NC(=O)C(NC(=O)O)c2ccccc2)cc1. The van der Waals surface area contributed by atoms with Gasteiger partial charge in [0.05, 0.1) is 0 Å². The van der Waals surface area contributed by atoms with Crippen LogP contribution in [0.1, 0.15) is 36.9 Å². The van der Waals surface area contributed by atoms with Crippen LogP contribution in [0, 0.1) is 0 Å². The number of rotatable bonds is 5. The summed E-state index contributed by atoms with van der Waals surface area (Å²) >= 11 is 0. The summed E-state index contributed by atoms with van der Waals surface area (Å²) in [5.74, 6) is -0.0126. The zero-order chi connectivity index (χ0) is 16.8. The highest BCUT2D eigenvalue weighted by Gasteiger charge is 2.22. The summed E-state index contributed by atoms with van der Waals surface area (Å²) in [4.78, 5) is 23.4. The molecule has 2 rings (SSSR count). The molecule has 0 spiro atoms. The Hall–Kier alpha value is -2.82. The summed E-state index contributed by atoms with van der Waals surface area (Å²) in [5, 5.41) is 14.0. The first kappa shape index (κ1) is 16.5. The van der Waals surface area contributed by atoms with Gasteiger partial charge in [-0.25, -0.2) is 4.79 Å². The monoisotopic (exact) mass is 312 g/mol. The summed E-state index contributed by atoms with van der Waals surface area (Å²) in [6.07, 6.45) is -1.25. The third-order valence-electron chi connectivity index (χ3n) is 3.51. The van der Waals surface area contributed by atoms with E-state index in [4.69, 9.17) is 5.11 Å². The summed E-state index contributed by atoms with van der Waals surface area (Å²) in [6, 6.07) is 15.3. The van der Waals surface area contributed by atoms with E-state index in [1.54, 1.807) is 24.3 Å². The van der Waals surface area contributed by atoms with Crippen LogP contribution in [-0.2, 0) is 4.79 Å². The fourth-order valence-corrected chi connectivity index (χ4v) is 2.24. The van der Waals surface area contributed by atoms with Crippen molar-refractivity contribution in [2.45, 2.75) is 25.8 Å². The van der Waals surface area contributed by atoms with Crippen LogP contribution in [0.15, 0.2) is 54.6 Å². The van der Waals surface area contributed by atoms with E-state index in [1.165, 1.54) is 5.56 Å². The third kappa shape index (κ3) is 4.57. The van der Waals surface area contributed by atoms with Crippen molar-refractivity contribution in [1.29, 1.82) is 0 Å². The molecule has 1 unspecified atom stereocenters. The van der Waals surface area contributed by atoms with E-state index < -0.39 is 18.0 Å². The lowest BCUT2D eigenvalue weighted by molar-refractivity contribution is -0.118. The first-order chi connectivity index (χ1) is 11.0. The number of anilines is 1. The van der Waals surface area contributed by atoms with Gasteiger partial charge in [-0.1, -0.05) is 56.3 Å². The van der Waals surface area contributed by atoms with E-state index in [0.717, 1.165) is 0 Å². The summed E-state index contributed by atoms with van der Waals surface area (Å²) in [6.45, 7) is 4.19. The molecule has 0 saturated carbocycles. The van der Waals surface area contributed by atoms with Gasteiger partial charge in [0.2, 0.25) is 0 Å². The van der Waals surface area contributed by atoms with E-state index in [2.05, 4.69) is 24.5 Å². The summed E-state index contributed by atoms with van der Waals surface area (Å²) in [5.41, 5.74) is 2.39. The van der Waals surface area contributed by atoms with Crippen LogP contribution in [-0.4, -0.2) is 17.1 Å². The lowest BCUT2D eigenvalue weighted by Crippen LogP contribution is -2.36. The molecular weight excluding hydrogens is 292 g/mol. The van der Waals surface area contributed by atoms with Gasteiger partial charge in [0, 0.05) is 5.69 Å². The molecule has 5 heteroatoms. The van der Waals surface area contributed by atoms with Crippen molar-refractivity contribution >= 4 is 17.7 Å². The van der Waals surface area contributed by atoms with Gasteiger partial charge in [-0.2, -0.15) is 0 Å². The topological polar surface area (TPSA) is 78.4 Å². The Labute approximate surface area is 135 Å². The van der Waals surface area contributed by atoms with Crippen molar-refractivity contribution in [3.63, 3.8) is 0 Å². The highest BCUT2D eigenvalue weighted by Crippen LogP contribution is 2.19. The second-order valence-electron chi connectivity index (χ2n) is 5.56. The molecule has 2 aromatic carbocycles. The molecular formula is C18H20N2O3. The lowest BCUT2D eigenvalue weighted by atomic mass is 10.0. The molecule has 0 aliphatic heterocycles. The van der Waals surface area contributed by atoms with Crippen LogP contribution in [0.2, 0.25) is 0 Å². The van der Waals surface area contributed by atoms with Crippen molar-refractivity contribution in [2.24, 2.45) is 0 Å². The van der Waals surface area contributed by atoms with Gasteiger partial charge >= 0.3 is 6.09 Å². The maximum absolute atomic E-state index is 12.4. The van der Waals surface area contributed by atoms with Crippen molar-refractivity contribution in [3.05, 3.63) is 65.7 Å². The van der Waals surface area contributed by atoms with Gasteiger partial charge < -0.3 is 15.7 Å². The minimum absolute atomic E-state index is 0.408. The van der Waals surface area contributed by atoms with Crippen LogP contribution in [0.3, 0.4) is 0 Å². The molecule has 1 atom stereocenters. The number of hydrogen-bond acceptors (Lipinski definition) is 2. The predicted octanol–water partition coefficient (Wildman–Crippen LogP) is 3.76. The minimum Gasteiger partial charge on any atom is -0.465 e. The smallest absolute Gasteiger partial charge is 0.405 e. The zero-order valence-corrected chi connectivity index (χ0v) is 13.1. The van der Waals surface area contributed by atoms with Gasteiger partial charge in [0.1, 0.15) is 6.04 Å². The van der Waals surface area contributed by atoms with E-state index in [1.807, 2.05) is 30.3 Å². The predicted molar refractivity (Wildman–Crippen MR) is 89.5 cm³/mol. The normalized spacial score (nSPS) is 11.8. The quantitative estimate of drug-likeness (QED) is 0.786. The molecule has 5 nitrogen and oxygen atoms in total. The van der Waals surface area contributed by atoms with Crippen LogP contribution in [0.25, 0.3) is 0 Å². The Morgan fingerprint density at radius 3 is 2.04 bits per heavy atom. The Morgan fingerprint density at radius 1 is 0.913 bits per heavy atom. The van der Waals surface area contributed by atoms with Gasteiger partial charge in [-0.05, 0) is 29.2 Å². The summed E-state index contributed by atoms with van der Waals surface area (Å²) in [7, 11) is 0. The van der Waals surface area contributed by atoms with Crippen LogP contribution in [0.4, 0.5) is 10.5 Å². The van der Waals surface area contributed by atoms with E-state index in [-0.39, 0.29) is 0 Å². The standard InChI is InChI=1S/C18H20N2O3/c1-12(2)13-8-10-15(11-9-13)19-17(21)16(20-18(22)23)14-6-4-3-5-7-14/h3-12,16,20H,1-2H3,(H,19,21)(H,22,23). The molecule has 0 aromatic heterocycles. The number of carbonyl (C=O) groups is 2. The molecule has 0 bridgehead atoms. The third-order valence-corrected chi connectivity index (χ3v) is 3.51. The molecule has 0 saturated heterocycles. The second kappa shape index (κ2) is 7.45. The Kier molecular flexibility index (Phi) is 5.36. The molecule has 23 heavy (non-hydrogen) atoms. The fraction of sp³-hybridized carbons (Fsp3) is 0.222. The number of amides is 2. The number of carboxylic acid groups (broad SMARTS) is 1. The number of carbonyl (C=O) groups excluding carboxylic acids is 1. The van der Waals surface area contributed by atoms with Gasteiger partial charge in [-0.15, -0.1) is 0 Å². The molecule has 3 N–H and O–H groups in total. The molecule has 0 heterocycles. The zero-order valence-electron chi connectivity index (χ0n) is 13.1. The van der Waals surface area contributed by atoms with E-state index in [9.17, 15) is 9.59 Å². The Bertz CT molecular complexity index is 666. The van der Waals surface area contributed by atoms with Gasteiger partial charge in [0.25, 0.3) is 5.91 Å². The maximum Gasteiger partial charge on any atom is 0.405 e. The van der Waals surface area contributed by atoms with E-state index >= 15 is 0 Å². The van der Waals surface area contributed by atoms with Crippen LogP contribution in [0.5, 0.6) is 0 Å². The van der Waals surface area contributed by atoms with E-state index in [0.29, 0.717) is 17.2 Å². The molecule has 0 aliphatic rings. The number of hydrogen-bond donors (Lipinski definition) is 3. The first-order valence-corrected chi connectivity index (χ1v) is 7.42. The van der Waals surface area contributed by atoms with Gasteiger partial charge in [0.15, 0.2) is 0 Å². The Morgan fingerprint density at radius 2 is 1.52 bits per heavy atom. The van der Waals surface area contributed by atoms with Crippen molar-refractivity contribution in [3.8, 4) is 0 Å². The Balaban J connectivity index is 2.16. The highest BCUT2D eigenvalue weighted by molar-refractivity contribution is 5.97. The molecule has 120 valence electrons. The van der Waals surface area contributed by atoms with Gasteiger partial charge in [-0.3, -0.25) is 4.79 Å². The average Bonchev–Trinajstić information content (AvgIpc) is 2.53. The number of benzene rings is 2. The minimum atomic E-state index is -1.25. The van der Waals surface area contributed by atoms with Crippen LogP contribution >= 0.6 is 0 Å². The largest absolute Gasteiger partial charge is 0.465 e. The summed E-state index contributed by atoms with van der Waals surface area (Å²) < 4.78 is 0. The molecule has 2 amide bonds. The maximum atomic E-state index is 12.4. The molecule has 0 radical (unpaired) electrons. The second-order valence-corrected chi connectivity index (χ2v) is 5.56. The number of nitrogens with one attached hydrogen (secondary N) is 2. The van der Waals surface area contributed by atoms with Crippen LogP contribution < -0.4 is 10.6 Å². The molecule has 0 aliphatic carbocycles. The fourth-order valence-electron chi connectivity index (χ4n) is 2.24. The highest BCUT2D eigenvalue weighted by atomic mass is 16.4. The molecule has 0 fully saturated rings. The first-order valence-electron chi connectivity index (χ1n) is 7.42. The van der Waals surface area contributed by atoms with Crippen molar-refractivity contribution < 1.29 is 14.7 Å². The van der Waals surface area contributed by atoms with Crippen molar-refractivity contribution in [2.75, 3.05) is 5.32 Å². The van der Waals surface area contributed by atoms with Crippen molar-refractivity contribution in [1.82, 2.24) is 5.32 Å².